The van der Waals surface area contributed by atoms with E-state index in [9.17, 15) is 19.2 Å². The molecule has 8 nitrogen and oxygen atoms in total. The van der Waals surface area contributed by atoms with E-state index in [-0.39, 0.29) is 11.1 Å². The molecule has 1 fully saturated rings. The van der Waals surface area contributed by atoms with Gasteiger partial charge in [0.05, 0.1) is 17.7 Å². The molecule has 1 heterocycles. The van der Waals surface area contributed by atoms with Gasteiger partial charge in [0.15, 0.2) is 6.10 Å². The van der Waals surface area contributed by atoms with E-state index < -0.39 is 30.0 Å². The Morgan fingerprint density at radius 3 is 2.16 bits per heavy atom. The Labute approximate surface area is 143 Å². The van der Waals surface area contributed by atoms with Crippen molar-refractivity contribution < 1.29 is 38.9 Å². The summed E-state index contributed by atoms with van der Waals surface area (Å²) in [6.07, 6.45) is 2.50. The molecule has 134 valence electrons. The summed E-state index contributed by atoms with van der Waals surface area (Å²) in [5.74, 6) is -3.49. The monoisotopic (exact) mass is 350 g/mol. The van der Waals surface area contributed by atoms with Gasteiger partial charge in [0, 0.05) is 6.08 Å². The molecule has 2 N–H and O–H groups in total. The number of carboxylic acids is 2. The maximum Gasteiger partial charge on any atom is 0.347 e. The van der Waals surface area contributed by atoms with Crippen LogP contribution in [-0.2, 0) is 19.1 Å². The van der Waals surface area contributed by atoms with Crippen LogP contribution in [0.5, 0.6) is 0 Å². The molecule has 1 aliphatic rings. The van der Waals surface area contributed by atoms with Gasteiger partial charge in [-0.3, -0.25) is 0 Å². The molecule has 8 heteroatoms. The number of ether oxygens (including phenoxy) is 2. The second-order valence-electron chi connectivity index (χ2n) is 4.95. The Morgan fingerprint density at radius 1 is 1.12 bits per heavy atom. The summed E-state index contributed by atoms with van der Waals surface area (Å²) in [4.78, 5) is 42.8. The zero-order chi connectivity index (χ0) is 18.8. The highest BCUT2D eigenvalue weighted by atomic mass is 16.6. The fourth-order valence-electron chi connectivity index (χ4n) is 1.97. The smallest absolute Gasteiger partial charge is 0.347 e. The fraction of sp³-hybridized carbons (Fsp3) is 0.294. The van der Waals surface area contributed by atoms with Crippen molar-refractivity contribution in [2.24, 2.45) is 0 Å². The van der Waals surface area contributed by atoms with Crippen LogP contribution in [0.15, 0.2) is 36.9 Å². The van der Waals surface area contributed by atoms with Gasteiger partial charge in [-0.25, -0.2) is 19.2 Å². The van der Waals surface area contributed by atoms with E-state index in [1.165, 1.54) is 24.3 Å². The summed E-state index contributed by atoms with van der Waals surface area (Å²) in [5, 5.41) is 17.1. The van der Waals surface area contributed by atoms with Crippen molar-refractivity contribution in [1.29, 1.82) is 0 Å². The summed E-state index contributed by atoms with van der Waals surface area (Å²) in [5.41, 5.74) is -0.380. The average Bonchev–Trinajstić information content (AvgIpc) is 2.80. The number of aromatic carboxylic acids is 2. The molecule has 1 saturated heterocycles. The summed E-state index contributed by atoms with van der Waals surface area (Å²) < 4.78 is 9.61. The first-order chi connectivity index (χ1) is 11.9. The van der Waals surface area contributed by atoms with Gasteiger partial charge in [-0.1, -0.05) is 18.7 Å². The number of hydrogen-bond donors (Lipinski definition) is 2. The van der Waals surface area contributed by atoms with Crippen molar-refractivity contribution in [2.75, 3.05) is 6.61 Å². The minimum absolute atomic E-state index is 0.190. The first-order valence-corrected chi connectivity index (χ1v) is 7.42. The van der Waals surface area contributed by atoms with Gasteiger partial charge in [-0.15, -0.1) is 0 Å². The second kappa shape index (κ2) is 9.86. The van der Waals surface area contributed by atoms with E-state index in [2.05, 4.69) is 6.58 Å². The van der Waals surface area contributed by atoms with Crippen LogP contribution in [0.25, 0.3) is 0 Å². The Bertz CT molecular complexity index is 631. The largest absolute Gasteiger partial charge is 0.478 e. The summed E-state index contributed by atoms with van der Waals surface area (Å²) in [7, 11) is 0. The summed E-state index contributed by atoms with van der Waals surface area (Å²) in [6, 6.07) is 5.48. The lowest BCUT2D eigenvalue weighted by Gasteiger charge is -2.11. The normalized spacial score (nSPS) is 16.3. The SMILES string of the molecule is C=CC(=O)OC1CCCCOC1=O.O=C(O)c1ccccc1C(=O)O. The highest BCUT2D eigenvalue weighted by molar-refractivity contribution is 6.01. The third kappa shape index (κ3) is 6.46. The van der Waals surface area contributed by atoms with Crippen LogP contribution < -0.4 is 0 Å². The summed E-state index contributed by atoms with van der Waals surface area (Å²) >= 11 is 0. The van der Waals surface area contributed by atoms with Crippen LogP contribution in [0.1, 0.15) is 40.0 Å². The van der Waals surface area contributed by atoms with E-state index in [1.54, 1.807) is 0 Å². The first-order valence-electron chi connectivity index (χ1n) is 7.42. The van der Waals surface area contributed by atoms with Crippen LogP contribution in [-0.4, -0.2) is 46.8 Å². The highest BCUT2D eigenvalue weighted by Gasteiger charge is 2.25. The molecule has 0 saturated carbocycles. The zero-order valence-electron chi connectivity index (χ0n) is 13.3. The predicted molar refractivity (Wildman–Crippen MR) is 85.2 cm³/mol. The highest BCUT2D eigenvalue weighted by Crippen LogP contribution is 2.12. The van der Waals surface area contributed by atoms with Crippen molar-refractivity contribution in [3.05, 3.63) is 48.0 Å². The topological polar surface area (TPSA) is 127 Å². The van der Waals surface area contributed by atoms with E-state index in [1.807, 2.05) is 0 Å². The molecule has 2 rings (SSSR count). The Kier molecular flexibility index (Phi) is 7.85. The molecular weight excluding hydrogens is 332 g/mol. The van der Waals surface area contributed by atoms with Gasteiger partial charge < -0.3 is 19.7 Å². The molecular formula is C17H18O8. The molecule has 1 unspecified atom stereocenters. The quantitative estimate of drug-likeness (QED) is 0.622. The Hall–Kier alpha value is -3.16. The molecule has 0 amide bonds. The maximum absolute atomic E-state index is 11.1. The number of rotatable bonds is 4. The van der Waals surface area contributed by atoms with E-state index >= 15 is 0 Å². The van der Waals surface area contributed by atoms with E-state index in [0.29, 0.717) is 13.0 Å². The molecule has 0 aliphatic carbocycles. The van der Waals surface area contributed by atoms with Gasteiger partial charge in [-0.2, -0.15) is 0 Å². The average molecular weight is 350 g/mol. The summed E-state index contributed by atoms with van der Waals surface area (Å²) in [6.45, 7) is 3.67. The van der Waals surface area contributed by atoms with Crippen molar-refractivity contribution in [2.45, 2.75) is 25.4 Å². The van der Waals surface area contributed by atoms with Crippen LogP contribution in [0.3, 0.4) is 0 Å². The minimum atomic E-state index is -1.23. The van der Waals surface area contributed by atoms with Crippen LogP contribution in [0.4, 0.5) is 0 Å². The Morgan fingerprint density at radius 2 is 1.68 bits per heavy atom. The molecule has 1 aromatic carbocycles. The first kappa shape index (κ1) is 19.9. The van der Waals surface area contributed by atoms with Gasteiger partial charge >= 0.3 is 23.9 Å². The van der Waals surface area contributed by atoms with Gasteiger partial charge in [0.2, 0.25) is 0 Å². The molecule has 0 bridgehead atoms. The van der Waals surface area contributed by atoms with Crippen LogP contribution >= 0.6 is 0 Å². The lowest BCUT2D eigenvalue weighted by molar-refractivity contribution is -0.163. The fourth-order valence-corrected chi connectivity index (χ4v) is 1.97. The third-order valence-electron chi connectivity index (χ3n) is 3.18. The Balaban J connectivity index is 0.000000251. The number of cyclic esters (lactones) is 1. The van der Waals surface area contributed by atoms with Crippen LogP contribution in [0, 0.1) is 0 Å². The number of carboxylic acid groups (broad SMARTS) is 2. The minimum Gasteiger partial charge on any atom is -0.478 e. The van der Waals surface area contributed by atoms with Crippen molar-refractivity contribution >= 4 is 23.9 Å². The predicted octanol–water partition coefficient (Wildman–Crippen LogP) is 1.89. The number of carbonyl (C=O) groups is 4. The van der Waals surface area contributed by atoms with Gasteiger partial charge in [0.1, 0.15) is 0 Å². The number of carbonyl (C=O) groups excluding carboxylic acids is 2. The molecule has 1 atom stereocenters. The van der Waals surface area contributed by atoms with E-state index in [0.717, 1.165) is 18.9 Å². The zero-order valence-corrected chi connectivity index (χ0v) is 13.3. The van der Waals surface area contributed by atoms with Crippen molar-refractivity contribution in [1.82, 2.24) is 0 Å². The van der Waals surface area contributed by atoms with Crippen LogP contribution in [0.2, 0.25) is 0 Å². The van der Waals surface area contributed by atoms with Crippen molar-refractivity contribution in [3.8, 4) is 0 Å². The number of hydrogen-bond acceptors (Lipinski definition) is 6. The number of esters is 2. The maximum atomic E-state index is 11.1. The molecule has 25 heavy (non-hydrogen) atoms. The van der Waals surface area contributed by atoms with Crippen molar-refractivity contribution in [3.63, 3.8) is 0 Å². The molecule has 1 aliphatic heterocycles. The molecule has 0 spiro atoms. The molecule has 0 aromatic heterocycles. The number of benzene rings is 1. The molecule has 0 radical (unpaired) electrons. The lowest BCUT2D eigenvalue weighted by atomic mass is 10.1. The second-order valence-corrected chi connectivity index (χ2v) is 4.95. The lowest BCUT2D eigenvalue weighted by Crippen LogP contribution is -2.26. The standard InChI is InChI=1S/C9H12O4.C8H6O4/c1-2-8(10)13-7-5-3-4-6-12-9(7)11;9-7(10)5-3-1-2-4-6(5)8(11)12/h2,7H,1,3-6H2;1-4H,(H,9,10)(H,11,12). The third-order valence-corrected chi connectivity index (χ3v) is 3.18. The van der Waals surface area contributed by atoms with Gasteiger partial charge in [0.25, 0.3) is 0 Å². The van der Waals surface area contributed by atoms with Gasteiger partial charge in [-0.05, 0) is 31.4 Å². The molecule has 1 aromatic rings. The van der Waals surface area contributed by atoms with E-state index in [4.69, 9.17) is 19.7 Å².